The normalized spacial score (nSPS) is 12.9. The molecule has 0 bridgehead atoms. The second-order valence-corrected chi connectivity index (χ2v) is 6.12. The van der Waals surface area contributed by atoms with Gasteiger partial charge in [0.1, 0.15) is 11.3 Å². The number of aromatic nitrogens is 1. The van der Waals surface area contributed by atoms with Gasteiger partial charge < -0.3 is 9.15 Å². The van der Waals surface area contributed by atoms with E-state index in [-0.39, 0.29) is 5.63 Å². The molecule has 8 nitrogen and oxygen atoms in total. The second-order valence-electron chi connectivity index (χ2n) is 5.22. The van der Waals surface area contributed by atoms with Crippen LogP contribution in [-0.2, 0) is 16.8 Å². The van der Waals surface area contributed by atoms with E-state index in [9.17, 15) is 4.79 Å². The lowest BCUT2D eigenvalue weighted by Gasteiger charge is -2.07. The second kappa shape index (κ2) is 6.63. The van der Waals surface area contributed by atoms with Gasteiger partial charge in [-0.1, -0.05) is 6.07 Å². The van der Waals surface area contributed by atoms with E-state index < -0.39 is 10.4 Å². The van der Waals surface area contributed by atoms with E-state index in [4.69, 9.17) is 26.7 Å². The maximum Gasteiger partial charge on any atom is 0.394 e. The van der Waals surface area contributed by atoms with Gasteiger partial charge in [-0.25, -0.2) is 4.79 Å². The molecule has 0 saturated heterocycles. The Labute approximate surface area is 142 Å². The molecule has 0 aliphatic carbocycles. The number of pyridine rings is 1. The number of hydrogen-bond acceptors (Lipinski definition) is 6. The predicted octanol–water partition coefficient (Wildman–Crippen LogP) is 2.14. The molecule has 0 fully saturated rings. The van der Waals surface area contributed by atoms with Crippen LogP contribution < -0.4 is 10.4 Å². The number of rotatable bonds is 1. The van der Waals surface area contributed by atoms with Crippen molar-refractivity contribution in [3.8, 4) is 16.9 Å². The van der Waals surface area contributed by atoms with Crippen LogP contribution in [0.4, 0.5) is 0 Å². The average Bonchev–Trinajstić information content (AvgIpc) is 2.98. The zero-order valence-electron chi connectivity index (χ0n) is 12.7. The Morgan fingerprint density at radius 3 is 2.60 bits per heavy atom. The van der Waals surface area contributed by atoms with Crippen LogP contribution in [-0.4, -0.2) is 29.1 Å². The standard InChI is InChI=1S/C16H11NO3.H2O4S/c18-16-7-12(11-2-1-4-17-9-11)13-6-10-3-5-19-14(10)8-15(13)20-16;1-5(2,3)4/h1-2,4,6-9H,3,5H2;(H2,1,2,3,4). The minimum atomic E-state index is -4.67. The molecule has 9 heteroatoms. The van der Waals surface area contributed by atoms with E-state index in [1.165, 1.54) is 6.07 Å². The molecule has 3 heterocycles. The number of hydrogen-bond donors (Lipinski definition) is 2. The molecule has 0 unspecified atom stereocenters. The average molecular weight is 363 g/mol. The molecule has 25 heavy (non-hydrogen) atoms. The Kier molecular flexibility index (Phi) is 4.53. The summed E-state index contributed by atoms with van der Waals surface area (Å²) >= 11 is 0. The third kappa shape index (κ3) is 4.21. The van der Waals surface area contributed by atoms with Gasteiger partial charge >= 0.3 is 16.0 Å². The van der Waals surface area contributed by atoms with Crippen molar-refractivity contribution in [1.29, 1.82) is 0 Å². The highest BCUT2D eigenvalue weighted by Gasteiger charge is 2.16. The quantitative estimate of drug-likeness (QED) is 0.497. The smallest absolute Gasteiger partial charge is 0.394 e. The molecule has 0 amide bonds. The summed E-state index contributed by atoms with van der Waals surface area (Å²) < 4.78 is 42.4. The molecule has 0 radical (unpaired) electrons. The molecule has 130 valence electrons. The summed E-state index contributed by atoms with van der Waals surface area (Å²) in [5, 5.41) is 0.918. The van der Waals surface area contributed by atoms with Gasteiger partial charge in [-0.3, -0.25) is 14.1 Å². The summed E-state index contributed by atoms with van der Waals surface area (Å²) in [6.07, 6.45) is 4.34. The van der Waals surface area contributed by atoms with E-state index in [1.807, 2.05) is 18.2 Å². The maximum absolute atomic E-state index is 11.7. The molecule has 3 aromatic rings. The highest BCUT2D eigenvalue weighted by molar-refractivity contribution is 7.79. The Morgan fingerprint density at radius 1 is 1.16 bits per heavy atom. The van der Waals surface area contributed by atoms with Crippen LogP contribution in [0.5, 0.6) is 5.75 Å². The number of benzene rings is 1. The van der Waals surface area contributed by atoms with Crippen LogP contribution >= 0.6 is 0 Å². The topological polar surface area (TPSA) is 127 Å². The fourth-order valence-electron chi connectivity index (χ4n) is 2.60. The minimum absolute atomic E-state index is 0.366. The first-order chi connectivity index (χ1) is 11.8. The fourth-order valence-corrected chi connectivity index (χ4v) is 2.60. The van der Waals surface area contributed by atoms with Crippen LogP contribution in [0.15, 0.2) is 51.9 Å². The number of ether oxygens (including phenoxy) is 1. The van der Waals surface area contributed by atoms with Crippen LogP contribution in [0, 0.1) is 0 Å². The van der Waals surface area contributed by atoms with Gasteiger partial charge in [-0.05, 0) is 17.7 Å². The van der Waals surface area contributed by atoms with Crippen molar-refractivity contribution in [2.45, 2.75) is 6.42 Å². The molecule has 0 atom stereocenters. The minimum Gasteiger partial charge on any atom is -0.493 e. The molecular weight excluding hydrogens is 350 g/mol. The Bertz CT molecular complexity index is 1070. The molecule has 4 rings (SSSR count). The van der Waals surface area contributed by atoms with Gasteiger partial charge in [0.2, 0.25) is 0 Å². The Balaban J connectivity index is 0.000000324. The van der Waals surface area contributed by atoms with Crippen molar-refractivity contribution >= 4 is 21.4 Å². The van der Waals surface area contributed by atoms with Crippen molar-refractivity contribution in [2.24, 2.45) is 0 Å². The first kappa shape index (κ1) is 17.1. The summed E-state index contributed by atoms with van der Waals surface area (Å²) in [6.45, 7) is 0.679. The highest BCUT2D eigenvalue weighted by atomic mass is 32.3. The van der Waals surface area contributed by atoms with Gasteiger partial charge in [-0.2, -0.15) is 8.42 Å². The lowest BCUT2D eigenvalue weighted by Crippen LogP contribution is -1.98. The zero-order valence-corrected chi connectivity index (χ0v) is 13.6. The molecule has 2 aromatic heterocycles. The molecular formula is C16H13NO7S. The summed E-state index contributed by atoms with van der Waals surface area (Å²) in [4.78, 5) is 15.9. The van der Waals surface area contributed by atoms with Crippen molar-refractivity contribution in [1.82, 2.24) is 4.98 Å². The SMILES string of the molecule is O=S(=O)(O)O.O=c1cc(-c2cccnc2)c2cc3c(cc2o1)OCC3. The molecule has 0 saturated carbocycles. The van der Waals surface area contributed by atoms with Crippen LogP contribution in [0.2, 0.25) is 0 Å². The van der Waals surface area contributed by atoms with Crippen LogP contribution in [0.1, 0.15) is 5.56 Å². The molecule has 0 spiro atoms. The van der Waals surface area contributed by atoms with Crippen LogP contribution in [0.3, 0.4) is 0 Å². The summed E-state index contributed by atoms with van der Waals surface area (Å²) in [5.41, 5.74) is 3.09. The number of nitrogens with zero attached hydrogens (tertiary/aromatic N) is 1. The molecule has 1 aliphatic rings. The Morgan fingerprint density at radius 2 is 1.92 bits per heavy atom. The van der Waals surface area contributed by atoms with Gasteiger partial charge in [0.05, 0.1) is 6.61 Å². The third-order valence-corrected chi connectivity index (χ3v) is 3.53. The van der Waals surface area contributed by atoms with Crippen LogP contribution in [0.25, 0.3) is 22.1 Å². The van der Waals surface area contributed by atoms with E-state index in [0.29, 0.717) is 12.2 Å². The summed E-state index contributed by atoms with van der Waals surface area (Å²) in [5.74, 6) is 0.809. The van der Waals surface area contributed by atoms with E-state index in [1.54, 1.807) is 18.5 Å². The fraction of sp³-hybridized carbons (Fsp3) is 0.125. The van der Waals surface area contributed by atoms with Gasteiger partial charge in [0.25, 0.3) is 0 Å². The van der Waals surface area contributed by atoms with Gasteiger partial charge in [0.15, 0.2) is 0 Å². The first-order valence-electron chi connectivity index (χ1n) is 7.15. The van der Waals surface area contributed by atoms with E-state index in [2.05, 4.69) is 4.98 Å². The van der Waals surface area contributed by atoms with Crippen molar-refractivity contribution in [3.05, 3.63) is 58.7 Å². The maximum atomic E-state index is 11.7. The van der Waals surface area contributed by atoms with Crippen molar-refractivity contribution in [3.63, 3.8) is 0 Å². The first-order valence-corrected chi connectivity index (χ1v) is 8.55. The summed E-state index contributed by atoms with van der Waals surface area (Å²) in [7, 11) is -4.67. The molecule has 1 aliphatic heterocycles. The largest absolute Gasteiger partial charge is 0.493 e. The predicted molar refractivity (Wildman–Crippen MR) is 89.1 cm³/mol. The lowest BCUT2D eigenvalue weighted by atomic mass is 10.0. The summed E-state index contributed by atoms with van der Waals surface area (Å²) in [6, 6.07) is 9.15. The highest BCUT2D eigenvalue weighted by Crippen LogP contribution is 2.34. The Hall–Kier alpha value is -2.75. The van der Waals surface area contributed by atoms with Crippen molar-refractivity contribution < 1.29 is 26.7 Å². The monoisotopic (exact) mass is 363 g/mol. The van der Waals surface area contributed by atoms with Crippen molar-refractivity contribution in [2.75, 3.05) is 6.61 Å². The number of fused-ring (bicyclic) bond motifs is 2. The van der Waals surface area contributed by atoms with E-state index in [0.717, 1.165) is 34.2 Å². The molecule has 2 N–H and O–H groups in total. The lowest BCUT2D eigenvalue weighted by molar-refractivity contribution is 0.356. The van der Waals surface area contributed by atoms with Gasteiger partial charge in [0, 0.05) is 47.5 Å². The third-order valence-electron chi connectivity index (χ3n) is 3.53. The van der Waals surface area contributed by atoms with Gasteiger partial charge in [-0.15, -0.1) is 0 Å². The molecule has 1 aromatic carbocycles. The zero-order chi connectivity index (χ0) is 18.0. The van der Waals surface area contributed by atoms with E-state index >= 15 is 0 Å².